The van der Waals surface area contributed by atoms with Gasteiger partial charge in [-0.3, -0.25) is 4.79 Å². The van der Waals surface area contributed by atoms with E-state index in [2.05, 4.69) is 0 Å². The molecule has 0 aliphatic heterocycles. The molecule has 0 fully saturated rings. The van der Waals surface area contributed by atoms with E-state index in [0.29, 0.717) is 0 Å². The molecule has 0 radical (unpaired) electrons. The van der Waals surface area contributed by atoms with Crippen molar-refractivity contribution in [3.63, 3.8) is 0 Å². The van der Waals surface area contributed by atoms with E-state index in [9.17, 15) is 4.79 Å². The van der Waals surface area contributed by atoms with Crippen LogP contribution in [0.3, 0.4) is 0 Å². The van der Waals surface area contributed by atoms with Gasteiger partial charge in [-0.15, -0.1) is 11.6 Å². The Kier molecular flexibility index (Phi) is 3.83. The van der Waals surface area contributed by atoms with E-state index in [4.69, 9.17) is 16.7 Å². The van der Waals surface area contributed by atoms with Crippen LogP contribution in [0.1, 0.15) is 6.92 Å². The van der Waals surface area contributed by atoms with Crippen LogP contribution >= 0.6 is 11.6 Å². The lowest BCUT2D eigenvalue weighted by Gasteiger charge is -2.00. The third-order valence-electron chi connectivity index (χ3n) is 0.955. The van der Waals surface area contributed by atoms with Crippen molar-refractivity contribution in [1.29, 1.82) is 0 Å². The van der Waals surface area contributed by atoms with E-state index in [1.807, 2.05) is 0 Å². The highest BCUT2D eigenvalue weighted by Gasteiger charge is 2.08. The van der Waals surface area contributed by atoms with Gasteiger partial charge in [0.25, 0.3) is 0 Å². The minimum absolute atomic E-state index is 0.00171. The van der Waals surface area contributed by atoms with Crippen LogP contribution in [-0.2, 0) is 4.79 Å². The molecule has 0 saturated carbocycles. The number of ketones is 1. The van der Waals surface area contributed by atoms with Crippen molar-refractivity contribution in [3.8, 4) is 0 Å². The van der Waals surface area contributed by atoms with Crippen LogP contribution in [0.25, 0.3) is 0 Å². The molecular formula is C5H9ClO2. The zero-order chi connectivity index (χ0) is 6.57. The Hall–Kier alpha value is -0.0800. The summed E-state index contributed by atoms with van der Waals surface area (Å²) in [5.41, 5.74) is 0. The molecular weight excluding hydrogens is 128 g/mol. The van der Waals surface area contributed by atoms with Gasteiger partial charge < -0.3 is 5.11 Å². The first-order valence-electron chi connectivity index (χ1n) is 2.42. The van der Waals surface area contributed by atoms with E-state index in [-0.39, 0.29) is 24.2 Å². The molecule has 3 heteroatoms. The number of carbonyl (C=O) groups is 1. The molecule has 8 heavy (non-hydrogen) atoms. The Labute approximate surface area is 53.5 Å². The second kappa shape index (κ2) is 3.87. The van der Waals surface area contributed by atoms with E-state index in [1.165, 1.54) is 0 Å². The molecule has 0 heterocycles. The Morgan fingerprint density at radius 2 is 2.38 bits per heavy atom. The second-order valence-electron chi connectivity index (χ2n) is 1.68. The predicted octanol–water partition coefficient (Wildman–Crippen LogP) is 0.423. The molecule has 48 valence electrons. The summed E-state index contributed by atoms with van der Waals surface area (Å²) in [7, 11) is 0. The molecule has 0 spiro atoms. The maximum atomic E-state index is 10.5. The molecule has 0 aromatic heterocycles. The summed E-state index contributed by atoms with van der Waals surface area (Å²) >= 11 is 5.16. The van der Waals surface area contributed by atoms with Crippen molar-refractivity contribution in [1.82, 2.24) is 0 Å². The normalized spacial score (nSPS) is 13.4. The number of hydrogen-bond acceptors (Lipinski definition) is 2. The third-order valence-corrected chi connectivity index (χ3v) is 1.22. The lowest BCUT2D eigenvalue weighted by Crippen LogP contribution is -2.15. The lowest BCUT2D eigenvalue weighted by molar-refractivity contribution is -0.120. The summed E-state index contributed by atoms with van der Waals surface area (Å²) in [5.74, 6) is -0.400. The van der Waals surface area contributed by atoms with Crippen LogP contribution in [0.5, 0.6) is 0 Å². The minimum Gasteiger partial charge on any atom is -0.396 e. The molecule has 0 aliphatic carbocycles. The molecule has 0 amide bonds. The SMILES string of the molecule is CC(CO)C(=O)CCl. The Morgan fingerprint density at radius 3 is 2.50 bits per heavy atom. The number of alkyl halides is 1. The molecule has 1 unspecified atom stereocenters. The van der Waals surface area contributed by atoms with Gasteiger partial charge in [0.1, 0.15) is 0 Å². The monoisotopic (exact) mass is 136 g/mol. The van der Waals surface area contributed by atoms with Gasteiger partial charge in [-0.25, -0.2) is 0 Å². The molecule has 0 rings (SSSR count). The van der Waals surface area contributed by atoms with Gasteiger partial charge in [0.2, 0.25) is 0 Å². The van der Waals surface area contributed by atoms with Crippen molar-refractivity contribution in [3.05, 3.63) is 0 Å². The summed E-state index contributed by atoms with van der Waals surface area (Å²) in [5, 5.41) is 8.36. The fourth-order valence-corrected chi connectivity index (χ4v) is 0.497. The van der Waals surface area contributed by atoms with E-state index in [1.54, 1.807) is 6.92 Å². The van der Waals surface area contributed by atoms with Crippen molar-refractivity contribution in [2.45, 2.75) is 6.92 Å². The van der Waals surface area contributed by atoms with Crippen molar-refractivity contribution < 1.29 is 9.90 Å². The fraction of sp³-hybridized carbons (Fsp3) is 0.800. The fourth-order valence-electron chi connectivity index (χ4n) is 0.234. The first kappa shape index (κ1) is 7.92. The topological polar surface area (TPSA) is 37.3 Å². The van der Waals surface area contributed by atoms with Crippen LogP contribution in [0.15, 0.2) is 0 Å². The smallest absolute Gasteiger partial charge is 0.152 e. The van der Waals surface area contributed by atoms with Crippen LogP contribution in [-0.4, -0.2) is 23.4 Å². The van der Waals surface area contributed by atoms with Crippen LogP contribution < -0.4 is 0 Å². The van der Waals surface area contributed by atoms with Crippen molar-refractivity contribution in [2.24, 2.45) is 5.92 Å². The number of hydrogen-bond donors (Lipinski definition) is 1. The summed E-state index contributed by atoms with van der Waals surface area (Å²) in [6.07, 6.45) is 0. The van der Waals surface area contributed by atoms with Gasteiger partial charge in [0, 0.05) is 5.92 Å². The number of Topliss-reactive ketones (excluding diaryl/α,β-unsaturated/α-hetero) is 1. The Balaban J connectivity index is 3.46. The standard InChI is InChI=1S/C5H9ClO2/c1-4(3-7)5(8)2-6/h4,7H,2-3H2,1H3. The minimum atomic E-state index is -0.299. The molecule has 1 N–H and O–H groups in total. The van der Waals surface area contributed by atoms with Gasteiger partial charge in [-0.2, -0.15) is 0 Å². The highest BCUT2D eigenvalue weighted by molar-refractivity contribution is 6.27. The van der Waals surface area contributed by atoms with Gasteiger partial charge in [0.05, 0.1) is 12.5 Å². The molecule has 1 atom stereocenters. The highest BCUT2D eigenvalue weighted by atomic mass is 35.5. The molecule has 2 nitrogen and oxygen atoms in total. The van der Waals surface area contributed by atoms with Gasteiger partial charge in [-0.1, -0.05) is 6.92 Å². The largest absolute Gasteiger partial charge is 0.396 e. The summed E-state index contributed by atoms with van der Waals surface area (Å²) < 4.78 is 0. The summed E-state index contributed by atoms with van der Waals surface area (Å²) in [6, 6.07) is 0. The van der Waals surface area contributed by atoms with Gasteiger partial charge in [0.15, 0.2) is 5.78 Å². The van der Waals surface area contributed by atoms with Crippen molar-refractivity contribution >= 4 is 17.4 Å². The average molecular weight is 137 g/mol. The molecule has 0 aromatic carbocycles. The van der Waals surface area contributed by atoms with Crippen molar-refractivity contribution in [2.75, 3.05) is 12.5 Å². The van der Waals surface area contributed by atoms with E-state index >= 15 is 0 Å². The number of aliphatic hydroxyl groups excluding tert-OH is 1. The maximum absolute atomic E-state index is 10.5. The predicted molar refractivity (Wildman–Crippen MR) is 32.0 cm³/mol. The zero-order valence-electron chi connectivity index (χ0n) is 4.72. The number of halogens is 1. The Morgan fingerprint density at radius 1 is 1.88 bits per heavy atom. The first-order valence-corrected chi connectivity index (χ1v) is 2.95. The zero-order valence-corrected chi connectivity index (χ0v) is 5.48. The molecule has 0 saturated heterocycles. The van der Waals surface area contributed by atoms with Crippen LogP contribution in [0.4, 0.5) is 0 Å². The molecule has 0 aromatic rings. The first-order chi connectivity index (χ1) is 3.72. The third kappa shape index (κ3) is 2.28. The quantitative estimate of drug-likeness (QED) is 0.571. The van der Waals surface area contributed by atoms with Gasteiger partial charge in [-0.05, 0) is 0 Å². The van der Waals surface area contributed by atoms with E-state index < -0.39 is 0 Å². The lowest BCUT2D eigenvalue weighted by atomic mass is 10.1. The molecule has 0 aliphatic rings. The van der Waals surface area contributed by atoms with E-state index in [0.717, 1.165) is 0 Å². The maximum Gasteiger partial charge on any atom is 0.152 e. The Bertz CT molecular complexity index is 82.5. The summed E-state index contributed by atoms with van der Waals surface area (Å²) in [4.78, 5) is 10.5. The average Bonchev–Trinajstić information content (AvgIpc) is 1.84. The number of aliphatic hydroxyl groups is 1. The van der Waals surface area contributed by atoms with Crippen LogP contribution in [0.2, 0.25) is 0 Å². The van der Waals surface area contributed by atoms with Crippen LogP contribution in [0, 0.1) is 5.92 Å². The number of rotatable bonds is 3. The van der Waals surface area contributed by atoms with Gasteiger partial charge >= 0.3 is 0 Å². The highest BCUT2D eigenvalue weighted by Crippen LogP contribution is 1.95. The number of carbonyl (C=O) groups excluding carboxylic acids is 1. The molecule has 0 bridgehead atoms. The second-order valence-corrected chi connectivity index (χ2v) is 1.95. The summed E-state index contributed by atoms with van der Waals surface area (Å²) in [6.45, 7) is 1.54.